The molecule has 118 valence electrons. The monoisotopic (exact) mass is 295 g/mol. The molecule has 6 nitrogen and oxygen atoms in total. The van der Waals surface area contributed by atoms with E-state index in [9.17, 15) is 9.90 Å². The zero-order valence-corrected chi connectivity index (χ0v) is 13.3. The summed E-state index contributed by atoms with van der Waals surface area (Å²) in [6.45, 7) is 6.58. The van der Waals surface area contributed by atoms with Gasteiger partial charge in [0.1, 0.15) is 0 Å². The van der Waals surface area contributed by atoms with E-state index in [4.69, 9.17) is 4.52 Å². The molecule has 0 aromatic carbocycles. The quantitative estimate of drug-likeness (QED) is 0.885. The second-order valence-electron chi connectivity index (χ2n) is 6.73. The number of aromatic nitrogens is 1. The maximum absolute atomic E-state index is 12.5. The van der Waals surface area contributed by atoms with Gasteiger partial charge in [-0.15, -0.1) is 0 Å². The maximum atomic E-state index is 12.5. The highest BCUT2D eigenvalue weighted by Gasteiger charge is 2.39. The fourth-order valence-electron chi connectivity index (χ4n) is 2.52. The lowest BCUT2D eigenvalue weighted by Gasteiger charge is -2.40. The van der Waals surface area contributed by atoms with Gasteiger partial charge in [0, 0.05) is 11.5 Å². The summed E-state index contributed by atoms with van der Waals surface area (Å²) in [5, 5.41) is 16.1. The number of hydrogen-bond donors (Lipinski definition) is 2. The fourth-order valence-corrected chi connectivity index (χ4v) is 2.52. The van der Waals surface area contributed by atoms with E-state index < -0.39 is 11.0 Å². The highest BCUT2D eigenvalue weighted by Crippen LogP contribution is 2.29. The number of carbonyl (C=O) groups excluding carboxylic acids is 1. The second-order valence-corrected chi connectivity index (χ2v) is 6.73. The van der Waals surface area contributed by atoms with Crippen LogP contribution in [0.5, 0.6) is 0 Å². The predicted molar refractivity (Wildman–Crippen MR) is 80.1 cm³/mol. The Kier molecular flexibility index (Phi) is 4.39. The Labute approximate surface area is 125 Å². The number of rotatable bonds is 4. The lowest BCUT2D eigenvalue weighted by molar-refractivity contribution is -0.128. The minimum absolute atomic E-state index is 0.0344. The first-order valence-corrected chi connectivity index (χ1v) is 7.40. The molecule has 1 aromatic heterocycles. The van der Waals surface area contributed by atoms with Gasteiger partial charge in [0.25, 0.3) is 0 Å². The summed E-state index contributed by atoms with van der Waals surface area (Å²) < 4.78 is 5.18. The van der Waals surface area contributed by atoms with Gasteiger partial charge in [-0.25, -0.2) is 0 Å². The van der Waals surface area contributed by atoms with Crippen LogP contribution in [0, 0.1) is 0 Å². The molecule has 0 bridgehead atoms. The van der Waals surface area contributed by atoms with Crippen LogP contribution in [0.2, 0.25) is 0 Å². The van der Waals surface area contributed by atoms with E-state index in [0.29, 0.717) is 11.6 Å². The van der Waals surface area contributed by atoms with Crippen LogP contribution in [0.4, 0.5) is 5.88 Å². The topological polar surface area (TPSA) is 78.6 Å². The molecule has 1 aliphatic rings. The van der Waals surface area contributed by atoms with Gasteiger partial charge in [-0.3, -0.25) is 15.0 Å². The Morgan fingerprint density at radius 3 is 2.90 bits per heavy atom. The third kappa shape index (κ3) is 3.11. The summed E-state index contributed by atoms with van der Waals surface area (Å²) in [4.78, 5) is 14.6. The van der Waals surface area contributed by atoms with E-state index in [1.165, 1.54) is 0 Å². The molecule has 2 N–H and O–H groups in total. The largest absolute Gasteiger partial charge is 0.395 e. The van der Waals surface area contributed by atoms with Crippen molar-refractivity contribution >= 4 is 11.8 Å². The van der Waals surface area contributed by atoms with Crippen LogP contribution in [-0.2, 0) is 10.2 Å². The third-order valence-corrected chi connectivity index (χ3v) is 4.57. The number of nitrogens with zero attached hydrogens (tertiary/aromatic N) is 2. The van der Waals surface area contributed by atoms with Crippen molar-refractivity contribution in [1.82, 2.24) is 10.1 Å². The number of nitrogens with one attached hydrogen (secondary N) is 1. The number of likely N-dealkylation sites (N-methyl/N-ethyl adjacent to an activating group) is 1. The van der Waals surface area contributed by atoms with Crippen molar-refractivity contribution < 1.29 is 14.4 Å². The zero-order valence-electron chi connectivity index (χ0n) is 13.3. The van der Waals surface area contributed by atoms with Gasteiger partial charge in [0.05, 0.1) is 17.8 Å². The molecule has 1 atom stereocenters. The number of aliphatic hydroxyl groups is 1. The molecule has 2 heterocycles. The van der Waals surface area contributed by atoms with Gasteiger partial charge < -0.3 is 9.63 Å². The fraction of sp³-hybridized carbons (Fsp3) is 0.733. The predicted octanol–water partition coefficient (Wildman–Crippen LogP) is 1.76. The van der Waals surface area contributed by atoms with Crippen molar-refractivity contribution in [2.75, 3.05) is 25.5 Å². The Bertz CT molecular complexity index is 512. The Balaban J connectivity index is 2.10. The van der Waals surface area contributed by atoms with Crippen molar-refractivity contribution in [3.05, 3.63) is 11.8 Å². The molecule has 1 fully saturated rings. The van der Waals surface area contributed by atoms with Gasteiger partial charge in [-0.2, -0.15) is 0 Å². The molecule has 1 saturated heterocycles. The van der Waals surface area contributed by atoms with Gasteiger partial charge in [0.2, 0.25) is 11.8 Å². The molecule has 0 aliphatic carbocycles. The van der Waals surface area contributed by atoms with E-state index in [2.05, 4.69) is 15.4 Å². The Morgan fingerprint density at radius 1 is 1.57 bits per heavy atom. The minimum Gasteiger partial charge on any atom is -0.395 e. The maximum Gasteiger partial charge on any atom is 0.246 e. The van der Waals surface area contributed by atoms with E-state index in [0.717, 1.165) is 25.8 Å². The summed E-state index contributed by atoms with van der Waals surface area (Å²) >= 11 is 0. The number of likely N-dealkylation sites (tertiary alicyclic amines) is 1. The molecule has 2 rings (SSSR count). The van der Waals surface area contributed by atoms with Crippen LogP contribution < -0.4 is 5.32 Å². The SMILES string of the molecule is CN1CCCCC1(C)C(=O)Nc1cc(C(C)(C)CO)no1. The molecule has 21 heavy (non-hydrogen) atoms. The molecule has 0 spiro atoms. The second kappa shape index (κ2) is 5.77. The van der Waals surface area contributed by atoms with Gasteiger partial charge in [-0.05, 0) is 39.8 Å². The average molecular weight is 295 g/mol. The molecular weight excluding hydrogens is 270 g/mol. The smallest absolute Gasteiger partial charge is 0.246 e. The average Bonchev–Trinajstić information content (AvgIpc) is 2.91. The first-order chi connectivity index (χ1) is 9.79. The number of anilines is 1. The van der Waals surface area contributed by atoms with E-state index >= 15 is 0 Å². The standard InChI is InChI=1S/C15H25N3O3/c1-14(2,10-19)11-9-12(21-17-11)16-13(20)15(3)7-5-6-8-18(15)4/h9,19H,5-8,10H2,1-4H3,(H,16,20). The van der Waals surface area contributed by atoms with Crippen LogP contribution in [0.25, 0.3) is 0 Å². The molecule has 6 heteroatoms. The van der Waals surface area contributed by atoms with Crippen molar-refractivity contribution in [2.24, 2.45) is 0 Å². The lowest BCUT2D eigenvalue weighted by Crippen LogP contribution is -2.55. The van der Waals surface area contributed by atoms with Crippen LogP contribution in [-0.4, -0.2) is 46.8 Å². The minimum atomic E-state index is -0.516. The first kappa shape index (κ1) is 16.0. The summed E-state index contributed by atoms with van der Waals surface area (Å²) in [6, 6.07) is 1.68. The Hall–Kier alpha value is -1.40. The molecule has 1 amide bonds. The molecule has 1 aromatic rings. The summed E-state index contributed by atoms with van der Waals surface area (Å²) in [5.41, 5.74) is -0.377. The van der Waals surface area contributed by atoms with Crippen molar-refractivity contribution in [2.45, 2.75) is 51.0 Å². The normalized spacial score (nSPS) is 24.0. The number of piperidine rings is 1. The van der Waals surface area contributed by atoms with Gasteiger partial charge in [0.15, 0.2) is 0 Å². The van der Waals surface area contributed by atoms with Crippen molar-refractivity contribution in [3.8, 4) is 0 Å². The van der Waals surface area contributed by atoms with Crippen LogP contribution in [0.3, 0.4) is 0 Å². The van der Waals surface area contributed by atoms with E-state index in [-0.39, 0.29) is 12.5 Å². The third-order valence-electron chi connectivity index (χ3n) is 4.57. The molecule has 0 radical (unpaired) electrons. The molecular formula is C15H25N3O3. The summed E-state index contributed by atoms with van der Waals surface area (Å²) in [6.07, 6.45) is 3.00. The van der Waals surface area contributed by atoms with Gasteiger partial charge >= 0.3 is 0 Å². The van der Waals surface area contributed by atoms with E-state index in [1.54, 1.807) is 6.07 Å². The van der Waals surface area contributed by atoms with Crippen molar-refractivity contribution in [3.63, 3.8) is 0 Å². The summed E-state index contributed by atoms with van der Waals surface area (Å²) in [5.74, 6) is 0.255. The number of carbonyl (C=O) groups is 1. The van der Waals surface area contributed by atoms with Crippen LogP contribution in [0.15, 0.2) is 10.6 Å². The number of amides is 1. The van der Waals surface area contributed by atoms with Crippen LogP contribution >= 0.6 is 0 Å². The highest BCUT2D eigenvalue weighted by atomic mass is 16.5. The van der Waals surface area contributed by atoms with Crippen molar-refractivity contribution in [1.29, 1.82) is 0 Å². The number of hydrogen-bond acceptors (Lipinski definition) is 5. The zero-order chi connectivity index (χ0) is 15.7. The van der Waals surface area contributed by atoms with Gasteiger partial charge in [-0.1, -0.05) is 19.0 Å². The first-order valence-electron chi connectivity index (χ1n) is 7.40. The molecule has 1 unspecified atom stereocenters. The van der Waals surface area contributed by atoms with Crippen LogP contribution in [0.1, 0.15) is 45.7 Å². The summed E-state index contributed by atoms with van der Waals surface area (Å²) in [7, 11) is 1.97. The Morgan fingerprint density at radius 2 is 2.29 bits per heavy atom. The highest BCUT2D eigenvalue weighted by molar-refractivity contribution is 5.96. The molecule has 1 aliphatic heterocycles. The lowest BCUT2D eigenvalue weighted by atomic mass is 9.88. The number of aliphatic hydroxyl groups excluding tert-OH is 1. The van der Waals surface area contributed by atoms with E-state index in [1.807, 2.05) is 27.8 Å². The molecule has 0 saturated carbocycles.